The Morgan fingerprint density at radius 3 is 3.03 bits per heavy atom. The Morgan fingerprint density at radius 1 is 1.41 bits per heavy atom. The molecule has 0 saturated heterocycles. The standard InChI is InChI=1S/C22H20N4O5S/c1-3-30-22(28)26-8-7-12-15(10-26)32-21-16(12)20(27)24-19(25-21)13-9-11-5-4-6-14(29-2)17(11)31-18(13)23/h4-6,9,23H,3,7-8,10H2,1-2H3,(H,24,25,27). The van der Waals surface area contributed by atoms with Crippen molar-refractivity contribution in [2.24, 2.45) is 0 Å². The molecule has 0 unspecified atom stereocenters. The lowest BCUT2D eigenvalue weighted by molar-refractivity contribution is 0.103. The number of fused-ring (bicyclic) bond motifs is 4. The Hall–Kier alpha value is -3.66. The van der Waals surface area contributed by atoms with Gasteiger partial charge in [-0.1, -0.05) is 12.1 Å². The molecule has 0 radical (unpaired) electrons. The first kappa shape index (κ1) is 20.3. The van der Waals surface area contributed by atoms with Crippen LogP contribution in [0.2, 0.25) is 0 Å². The summed E-state index contributed by atoms with van der Waals surface area (Å²) in [6, 6.07) is 7.18. The molecule has 10 heteroatoms. The van der Waals surface area contributed by atoms with E-state index in [1.807, 2.05) is 12.1 Å². The molecule has 3 aromatic heterocycles. The number of H-pyrrole nitrogens is 1. The molecule has 9 nitrogen and oxygen atoms in total. The Morgan fingerprint density at radius 2 is 2.25 bits per heavy atom. The van der Waals surface area contributed by atoms with Gasteiger partial charge in [-0.2, -0.15) is 0 Å². The van der Waals surface area contributed by atoms with E-state index in [0.717, 1.165) is 15.8 Å². The fourth-order valence-electron chi connectivity index (χ4n) is 3.97. The van der Waals surface area contributed by atoms with Crippen LogP contribution in [0.5, 0.6) is 5.75 Å². The van der Waals surface area contributed by atoms with E-state index in [0.29, 0.717) is 53.2 Å². The third kappa shape index (κ3) is 3.23. The van der Waals surface area contributed by atoms with E-state index in [-0.39, 0.29) is 23.0 Å². The van der Waals surface area contributed by atoms with Gasteiger partial charge in [0.15, 0.2) is 11.3 Å². The third-order valence-corrected chi connectivity index (χ3v) is 6.58. The van der Waals surface area contributed by atoms with Gasteiger partial charge in [0.05, 0.1) is 31.2 Å². The Kier molecular flexibility index (Phi) is 4.93. The van der Waals surface area contributed by atoms with Gasteiger partial charge in [0.25, 0.3) is 5.56 Å². The molecule has 0 atom stereocenters. The number of carbonyl (C=O) groups excluding carboxylic acids is 1. The summed E-state index contributed by atoms with van der Waals surface area (Å²) in [6.45, 7) is 2.96. The second kappa shape index (κ2) is 7.79. The van der Waals surface area contributed by atoms with Crippen LogP contribution < -0.4 is 15.9 Å². The molecule has 1 aliphatic heterocycles. The van der Waals surface area contributed by atoms with Crippen LogP contribution in [0, 0.1) is 5.41 Å². The number of methoxy groups -OCH3 is 1. The lowest BCUT2D eigenvalue weighted by Crippen LogP contribution is -2.35. The number of thiophene rings is 1. The number of nitrogens with one attached hydrogen (secondary N) is 2. The van der Waals surface area contributed by atoms with E-state index < -0.39 is 0 Å². The Labute approximate surface area is 185 Å². The molecular formula is C22H20N4O5S. The first-order valence-electron chi connectivity index (χ1n) is 10.1. The van der Waals surface area contributed by atoms with E-state index in [1.54, 1.807) is 24.0 Å². The van der Waals surface area contributed by atoms with Gasteiger partial charge < -0.3 is 23.8 Å². The first-order chi connectivity index (χ1) is 15.5. The average molecular weight is 452 g/mol. The number of nitrogens with zero attached hydrogens (tertiary/aromatic N) is 2. The van der Waals surface area contributed by atoms with Gasteiger partial charge in [-0.05, 0) is 31.0 Å². The van der Waals surface area contributed by atoms with Crippen LogP contribution in [0.15, 0.2) is 33.5 Å². The van der Waals surface area contributed by atoms with Gasteiger partial charge in [0, 0.05) is 16.8 Å². The Bertz CT molecular complexity index is 1490. The van der Waals surface area contributed by atoms with Crippen LogP contribution in [-0.4, -0.2) is 41.2 Å². The van der Waals surface area contributed by atoms with Crippen LogP contribution in [-0.2, 0) is 17.7 Å². The zero-order chi connectivity index (χ0) is 22.4. The van der Waals surface area contributed by atoms with Crippen molar-refractivity contribution < 1.29 is 18.7 Å². The molecule has 1 aliphatic rings. The smallest absolute Gasteiger partial charge is 0.410 e. The molecule has 4 heterocycles. The van der Waals surface area contributed by atoms with Crippen LogP contribution in [0.25, 0.3) is 32.6 Å². The minimum atomic E-state index is -0.356. The highest BCUT2D eigenvalue weighted by atomic mass is 32.1. The monoisotopic (exact) mass is 452 g/mol. The van der Waals surface area contributed by atoms with Gasteiger partial charge >= 0.3 is 6.09 Å². The van der Waals surface area contributed by atoms with Crippen LogP contribution in [0.1, 0.15) is 17.4 Å². The summed E-state index contributed by atoms with van der Waals surface area (Å²) in [5.74, 6) is 0.790. The van der Waals surface area contributed by atoms with E-state index >= 15 is 0 Å². The molecule has 1 amide bonds. The molecule has 32 heavy (non-hydrogen) atoms. The maximum atomic E-state index is 13.0. The first-order valence-corrected chi connectivity index (χ1v) is 10.9. The predicted octanol–water partition coefficient (Wildman–Crippen LogP) is 3.40. The molecule has 4 aromatic rings. The average Bonchev–Trinajstić information content (AvgIpc) is 3.16. The van der Waals surface area contributed by atoms with Crippen molar-refractivity contribution in [3.8, 4) is 17.1 Å². The number of carbonyl (C=O) groups is 1. The van der Waals surface area contributed by atoms with Gasteiger partial charge in [-0.25, -0.2) is 9.78 Å². The topological polar surface area (TPSA) is 122 Å². The van der Waals surface area contributed by atoms with Gasteiger partial charge in [0.1, 0.15) is 10.7 Å². The van der Waals surface area contributed by atoms with E-state index in [2.05, 4.69) is 9.97 Å². The van der Waals surface area contributed by atoms with Crippen molar-refractivity contribution in [1.82, 2.24) is 14.9 Å². The van der Waals surface area contributed by atoms with E-state index in [9.17, 15) is 9.59 Å². The SMILES string of the molecule is CCOC(=O)N1CCc2c(sc3nc(-c4cc5cccc(OC)c5oc4=N)[nH]c(=O)c23)C1. The number of hydrogen-bond acceptors (Lipinski definition) is 8. The summed E-state index contributed by atoms with van der Waals surface area (Å²) >= 11 is 1.39. The predicted molar refractivity (Wildman–Crippen MR) is 119 cm³/mol. The number of aromatic amines is 1. The summed E-state index contributed by atoms with van der Waals surface area (Å²) in [4.78, 5) is 35.7. The fourth-order valence-corrected chi connectivity index (χ4v) is 5.21. The molecule has 5 rings (SSSR count). The van der Waals surface area contributed by atoms with Crippen LogP contribution >= 0.6 is 11.3 Å². The summed E-state index contributed by atoms with van der Waals surface area (Å²) in [5, 5.41) is 9.62. The molecular weight excluding hydrogens is 432 g/mol. The number of ether oxygens (including phenoxy) is 2. The van der Waals surface area contributed by atoms with Crippen molar-refractivity contribution in [2.75, 3.05) is 20.3 Å². The van der Waals surface area contributed by atoms with Crippen molar-refractivity contribution in [3.05, 3.63) is 50.6 Å². The highest BCUT2D eigenvalue weighted by Gasteiger charge is 2.27. The normalized spacial score (nSPS) is 13.4. The molecule has 0 aliphatic carbocycles. The van der Waals surface area contributed by atoms with Crippen molar-refractivity contribution in [3.63, 3.8) is 0 Å². The Balaban J connectivity index is 1.61. The molecule has 0 spiro atoms. The second-order valence-corrected chi connectivity index (χ2v) is 8.42. The number of amides is 1. The largest absolute Gasteiger partial charge is 0.493 e. The van der Waals surface area contributed by atoms with Crippen LogP contribution in [0.4, 0.5) is 4.79 Å². The molecule has 2 N–H and O–H groups in total. The third-order valence-electron chi connectivity index (χ3n) is 5.47. The fraction of sp³-hybridized carbons (Fsp3) is 0.273. The molecule has 1 aromatic carbocycles. The number of benzene rings is 1. The van der Waals surface area contributed by atoms with Crippen molar-refractivity contribution >= 4 is 38.6 Å². The van der Waals surface area contributed by atoms with Gasteiger partial charge in [0.2, 0.25) is 5.55 Å². The minimum absolute atomic E-state index is 0.126. The molecule has 0 fully saturated rings. The molecule has 0 bridgehead atoms. The summed E-state index contributed by atoms with van der Waals surface area (Å²) in [5.41, 5.74) is 1.36. The van der Waals surface area contributed by atoms with E-state index in [4.69, 9.17) is 19.3 Å². The molecule has 0 saturated carbocycles. The zero-order valence-corrected chi connectivity index (χ0v) is 18.3. The van der Waals surface area contributed by atoms with Gasteiger partial charge in [-0.15, -0.1) is 11.3 Å². The number of rotatable bonds is 3. The van der Waals surface area contributed by atoms with Crippen molar-refractivity contribution in [2.45, 2.75) is 19.9 Å². The van der Waals surface area contributed by atoms with Gasteiger partial charge in [-0.3, -0.25) is 10.2 Å². The maximum Gasteiger partial charge on any atom is 0.410 e. The van der Waals surface area contributed by atoms with E-state index in [1.165, 1.54) is 18.4 Å². The van der Waals surface area contributed by atoms with Crippen molar-refractivity contribution in [1.29, 1.82) is 5.41 Å². The molecule has 164 valence electrons. The quantitative estimate of drug-likeness (QED) is 0.491. The minimum Gasteiger partial charge on any atom is -0.493 e. The van der Waals surface area contributed by atoms with Crippen LogP contribution in [0.3, 0.4) is 0 Å². The maximum absolute atomic E-state index is 13.0. The number of aromatic nitrogens is 2. The zero-order valence-electron chi connectivity index (χ0n) is 17.5. The highest BCUT2D eigenvalue weighted by Crippen LogP contribution is 2.33. The summed E-state index contributed by atoms with van der Waals surface area (Å²) in [6.07, 6.45) is 0.206. The highest BCUT2D eigenvalue weighted by molar-refractivity contribution is 7.18. The summed E-state index contributed by atoms with van der Waals surface area (Å²) in [7, 11) is 1.54. The lowest BCUT2D eigenvalue weighted by atomic mass is 10.1. The summed E-state index contributed by atoms with van der Waals surface area (Å²) < 4.78 is 16.1. The number of para-hydroxylation sites is 1. The second-order valence-electron chi connectivity index (χ2n) is 7.34. The lowest BCUT2D eigenvalue weighted by Gasteiger charge is -2.25. The number of hydrogen-bond donors (Lipinski definition) is 2.